The summed E-state index contributed by atoms with van der Waals surface area (Å²) >= 11 is 0. The van der Waals surface area contributed by atoms with Crippen molar-refractivity contribution >= 4 is 23.9 Å². The second kappa shape index (κ2) is 23.5. The van der Waals surface area contributed by atoms with Gasteiger partial charge in [0, 0.05) is 18.3 Å². The minimum Gasteiger partial charge on any atom is -0.478 e. The molecule has 0 spiro atoms. The van der Waals surface area contributed by atoms with E-state index in [1.807, 2.05) is 74.4 Å². The lowest BCUT2D eigenvalue weighted by atomic mass is 9.49. The van der Waals surface area contributed by atoms with Crippen LogP contribution in [-0.2, 0) is 28.6 Å². The van der Waals surface area contributed by atoms with Crippen LogP contribution in [0.25, 0.3) is 9.69 Å². The molecule has 10 bridgehead atoms. The zero-order valence-electron chi connectivity index (χ0n) is 45.9. The third-order valence-corrected chi connectivity index (χ3v) is 19.0. The summed E-state index contributed by atoms with van der Waals surface area (Å²) in [7, 11) is 1.42. The highest BCUT2D eigenvalue weighted by Crippen LogP contribution is 2.61. The second-order valence-corrected chi connectivity index (χ2v) is 25.5. The average Bonchev–Trinajstić information content (AvgIpc) is 3.94. The molecule has 2 N–H and O–H groups in total. The van der Waals surface area contributed by atoms with Crippen molar-refractivity contribution in [3.8, 4) is 0 Å². The molecule has 1 aromatic rings. The molecule has 1 aromatic carbocycles. The Balaban J connectivity index is 0.000000175. The first-order chi connectivity index (χ1) is 33.3. The topological polar surface area (TPSA) is 145 Å². The minimum atomic E-state index is -0.865. The van der Waals surface area contributed by atoms with Crippen molar-refractivity contribution in [3.63, 3.8) is 0 Å². The van der Waals surface area contributed by atoms with Gasteiger partial charge in [-0.3, -0.25) is 14.4 Å². The lowest BCUT2D eigenvalue weighted by Gasteiger charge is -2.59. The van der Waals surface area contributed by atoms with Gasteiger partial charge in [0.15, 0.2) is 5.60 Å². The summed E-state index contributed by atoms with van der Waals surface area (Å²) in [5, 5.41) is 19.3. The van der Waals surface area contributed by atoms with E-state index in [-0.39, 0.29) is 35.0 Å². The Morgan fingerprint density at radius 2 is 1.15 bits per heavy atom. The predicted molar refractivity (Wildman–Crippen MR) is 278 cm³/mol. The van der Waals surface area contributed by atoms with E-state index < -0.39 is 28.0 Å². The fourth-order valence-electron chi connectivity index (χ4n) is 13.7. The van der Waals surface area contributed by atoms with Gasteiger partial charge in [0.1, 0.15) is 11.7 Å². The highest BCUT2D eigenvalue weighted by Gasteiger charge is 2.63. The maximum absolute atomic E-state index is 12.6. The maximum atomic E-state index is 12.6. The molecule has 396 valence electrons. The quantitative estimate of drug-likeness (QED) is 0.112. The SMILES string of the molecule is CCC(C)(C)C(=O)OC12CC3CC(CC(O)(C3)C1)C2.CCC(C)(C)C(=O)OC1CC2CCC1C2.CCC(C)c1ccc(C(=O)O)cc1.[C-]#[N+]C.[C-]#[N+]CC1(OC(=O)C(C)(C)CC)C2CC3CC(C2)CC1C3. The molecule has 6 unspecified atom stereocenters. The molecule has 11 rings (SSSR count). The van der Waals surface area contributed by atoms with Crippen molar-refractivity contribution in [2.24, 2.45) is 63.6 Å². The third kappa shape index (κ3) is 13.8. The van der Waals surface area contributed by atoms with Crippen molar-refractivity contribution in [1.82, 2.24) is 0 Å². The number of esters is 3. The molecule has 11 heteroatoms. The molecule has 10 saturated carbocycles. The third-order valence-electron chi connectivity index (χ3n) is 19.0. The van der Waals surface area contributed by atoms with Gasteiger partial charge in [0.25, 0.3) is 6.54 Å². The maximum Gasteiger partial charge on any atom is 0.335 e. The van der Waals surface area contributed by atoms with Crippen LogP contribution in [0.2, 0.25) is 0 Å². The van der Waals surface area contributed by atoms with Gasteiger partial charge in [-0.15, -0.1) is 0 Å². The van der Waals surface area contributed by atoms with Gasteiger partial charge in [-0.05, 0) is 216 Å². The van der Waals surface area contributed by atoms with E-state index in [2.05, 4.69) is 23.5 Å². The molecule has 10 fully saturated rings. The average molecular weight is 985 g/mol. The van der Waals surface area contributed by atoms with E-state index >= 15 is 0 Å². The van der Waals surface area contributed by atoms with Crippen molar-refractivity contribution < 1.29 is 43.6 Å². The van der Waals surface area contributed by atoms with Crippen LogP contribution in [0, 0.1) is 76.7 Å². The van der Waals surface area contributed by atoms with Crippen LogP contribution in [0.15, 0.2) is 24.3 Å². The Labute approximate surface area is 428 Å². The first-order valence-electron chi connectivity index (χ1n) is 27.6. The summed E-state index contributed by atoms with van der Waals surface area (Å²) in [5.74, 6) is 4.60. The predicted octanol–water partition coefficient (Wildman–Crippen LogP) is 13.7. The molecule has 11 nitrogen and oxygen atoms in total. The van der Waals surface area contributed by atoms with Gasteiger partial charge >= 0.3 is 23.9 Å². The summed E-state index contributed by atoms with van der Waals surface area (Å²) < 4.78 is 17.8. The number of ether oxygens (including phenoxy) is 3. The van der Waals surface area contributed by atoms with E-state index in [0.717, 1.165) is 75.5 Å². The molecular formula is C60H92N2O9. The normalized spacial score (nSPS) is 33.6. The Morgan fingerprint density at radius 1 is 0.676 bits per heavy atom. The summed E-state index contributed by atoms with van der Waals surface area (Å²) in [6, 6.07) is 7.09. The number of fused-ring (bicyclic) bond motifs is 2. The summed E-state index contributed by atoms with van der Waals surface area (Å²) in [5.41, 5.74) is -0.987. The van der Waals surface area contributed by atoms with Gasteiger partial charge in [0.05, 0.1) is 27.4 Å². The number of aliphatic hydroxyl groups is 1. The number of carboxylic acid groups (broad SMARTS) is 1. The van der Waals surface area contributed by atoms with Gasteiger partial charge in [-0.25, -0.2) is 17.9 Å². The van der Waals surface area contributed by atoms with Gasteiger partial charge in [0.2, 0.25) is 7.05 Å². The zero-order chi connectivity index (χ0) is 52.7. The summed E-state index contributed by atoms with van der Waals surface area (Å²) in [6.45, 7) is 35.7. The number of hydrogen-bond donors (Lipinski definition) is 2. The monoisotopic (exact) mass is 985 g/mol. The lowest BCUT2D eigenvalue weighted by Crippen LogP contribution is -2.61. The largest absolute Gasteiger partial charge is 0.478 e. The molecule has 0 radical (unpaired) electrons. The summed E-state index contributed by atoms with van der Waals surface area (Å²) in [6.07, 6.45) is 20.5. The molecule has 10 aliphatic rings. The number of carboxylic acids is 1. The van der Waals surface area contributed by atoms with Crippen LogP contribution in [0.4, 0.5) is 0 Å². The first kappa shape index (κ1) is 57.9. The standard InChI is InChI=1S/C18H27NO2.C16H26O3.C13H22O2.C11H14O2.C2H3N/c1-5-17(2,3)16(20)21-18(11-19-4)14-7-12-6-13(9-14)10-15(18)8-12;1-4-14(2,3)13(17)19-16-8-11-5-12(9-16)7-15(18,6-11)10-16;1-4-13(2,3)12(14)15-11-8-9-5-6-10(11)7-9;1-3-8(2)9-4-6-10(7-5-9)11(12)13;1-3-2/h12-15H,5-11H2,1-3H3;11-12,18H,4-10H2,1-3H3;9-11H,4-8H2,1-3H3;4-8H,3H2,1-2H3,(H,12,13);1H3. The molecule has 6 atom stereocenters. The molecule has 10 aliphatic carbocycles. The highest BCUT2D eigenvalue weighted by molar-refractivity contribution is 5.87. The van der Waals surface area contributed by atoms with Crippen LogP contribution in [-0.4, -0.2) is 70.6 Å². The van der Waals surface area contributed by atoms with Crippen LogP contribution in [0.3, 0.4) is 0 Å². The van der Waals surface area contributed by atoms with E-state index in [1.54, 1.807) is 12.1 Å². The molecule has 0 saturated heterocycles. The number of carbonyl (C=O) groups excluding carboxylic acids is 3. The van der Waals surface area contributed by atoms with Crippen LogP contribution in [0.5, 0.6) is 0 Å². The minimum absolute atomic E-state index is 0.00236. The number of carbonyl (C=O) groups is 4. The van der Waals surface area contributed by atoms with Gasteiger partial charge in [-0.1, -0.05) is 46.8 Å². The molecule has 0 amide bonds. The number of nitrogens with zero attached hydrogens (tertiary/aromatic N) is 2. The summed E-state index contributed by atoms with van der Waals surface area (Å²) in [4.78, 5) is 53.9. The van der Waals surface area contributed by atoms with Gasteiger partial charge < -0.3 is 34.1 Å². The fraction of sp³-hybridized carbons (Fsp3) is 0.800. The Hall–Kier alpha value is -3.96. The van der Waals surface area contributed by atoms with Crippen molar-refractivity contribution in [2.75, 3.05) is 13.6 Å². The molecule has 0 heterocycles. The smallest absolute Gasteiger partial charge is 0.335 e. The van der Waals surface area contributed by atoms with E-state index in [9.17, 15) is 24.3 Å². The first-order valence-corrected chi connectivity index (χ1v) is 27.6. The van der Waals surface area contributed by atoms with Crippen LogP contribution < -0.4 is 0 Å². The van der Waals surface area contributed by atoms with Crippen molar-refractivity contribution in [1.29, 1.82) is 0 Å². The molecular weight excluding hydrogens is 893 g/mol. The second-order valence-electron chi connectivity index (χ2n) is 25.5. The van der Waals surface area contributed by atoms with Crippen molar-refractivity contribution in [2.45, 2.75) is 227 Å². The molecule has 0 aromatic heterocycles. The highest BCUT2D eigenvalue weighted by atomic mass is 16.6. The number of aromatic carboxylic acids is 1. The van der Waals surface area contributed by atoms with Crippen LogP contribution in [0.1, 0.15) is 220 Å². The Morgan fingerprint density at radius 3 is 1.56 bits per heavy atom. The van der Waals surface area contributed by atoms with Crippen LogP contribution >= 0.6 is 0 Å². The lowest BCUT2D eigenvalue weighted by molar-refractivity contribution is -0.225. The fourth-order valence-corrected chi connectivity index (χ4v) is 13.7. The number of benzene rings is 1. The number of hydrogen-bond acceptors (Lipinski definition) is 8. The number of rotatable bonds is 13. The molecule has 71 heavy (non-hydrogen) atoms. The Kier molecular flexibility index (Phi) is 19.2. The zero-order valence-corrected chi connectivity index (χ0v) is 45.9. The Bertz CT molecular complexity index is 2030. The van der Waals surface area contributed by atoms with Crippen molar-refractivity contribution in [3.05, 3.63) is 58.2 Å². The van der Waals surface area contributed by atoms with E-state index in [1.165, 1.54) is 70.4 Å². The van der Waals surface area contributed by atoms with E-state index in [0.29, 0.717) is 54.0 Å². The van der Waals surface area contributed by atoms with E-state index in [4.69, 9.17) is 32.5 Å². The molecule has 0 aliphatic heterocycles. The van der Waals surface area contributed by atoms with Gasteiger partial charge in [-0.2, -0.15) is 0 Å².